The zero-order valence-electron chi connectivity index (χ0n) is 17.4. The lowest BCUT2D eigenvalue weighted by molar-refractivity contribution is -0.120. The van der Waals surface area contributed by atoms with Gasteiger partial charge in [-0.2, -0.15) is 0 Å². The molecule has 1 atom stereocenters. The smallest absolute Gasteiger partial charge is 0.225 e. The summed E-state index contributed by atoms with van der Waals surface area (Å²) in [4.78, 5) is 22.2. The number of thiophene rings is 1. The van der Waals surface area contributed by atoms with Crippen LogP contribution in [0.2, 0.25) is 0 Å². The molecule has 0 radical (unpaired) electrons. The molecule has 0 aliphatic carbocycles. The van der Waals surface area contributed by atoms with Crippen molar-refractivity contribution >= 4 is 28.6 Å². The molecule has 4 rings (SSSR count). The van der Waals surface area contributed by atoms with Crippen molar-refractivity contribution in [2.75, 3.05) is 32.8 Å². The number of nitrogens with zero attached hydrogens (tertiary/aromatic N) is 2. The summed E-state index contributed by atoms with van der Waals surface area (Å²) in [7, 11) is 0. The van der Waals surface area contributed by atoms with Gasteiger partial charge in [-0.05, 0) is 25.3 Å². The second-order valence-corrected chi connectivity index (χ2v) is 9.80. The average Bonchev–Trinajstić information content (AvgIpc) is 3.40. The van der Waals surface area contributed by atoms with Gasteiger partial charge in [-0.15, -0.1) is 22.7 Å². The molecule has 158 valence electrons. The highest BCUT2D eigenvalue weighted by Crippen LogP contribution is 2.29. The Morgan fingerprint density at radius 1 is 1.20 bits per heavy atom. The van der Waals surface area contributed by atoms with Crippen LogP contribution in [0.4, 0.5) is 0 Å². The standard InChI is InChI=1S/C23H27N3O2S2/c1-16-5-7-18(8-6-16)23-21(30-17(2)25-23)14-22(27)24-15-19(20-4-3-13-29-20)26-9-11-28-12-10-26/h3-8,13,19H,9-12,14-15H2,1-2H3,(H,24,27)/t19-/m1/s1. The van der Waals surface area contributed by atoms with Crippen LogP contribution < -0.4 is 5.32 Å². The van der Waals surface area contributed by atoms with E-state index in [1.165, 1.54) is 10.4 Å². The summed E-state index contributed by atoms with van der Waals surface area (Å²) in [6.07, 6.45) is 0.356. The van der Waals surface area contributed by atoms with Crippen molar-refractivity contribution in [3.05, 3.63) is 62.1 Å². The fourth-order valence-corrected chi connectivity index (χ4v) is 5.54. The zero-order valence-corrected chi connectivity index (χ0v) is 19.0. The van der Waals surface area contributed by atoms with E-state index < -0.39 is 0 Å². The lowest BCUT2D eigenvalue weighted by Gasteiger charge is -2.34. The summed E-state index contributed by atoms with van der Waals surface area (Å²) in [5.41, 5.74) is 3.21. The number of hydrogen-bond donors (Lipinski definition) is 1. The third kappa shape index (κ3) is 5.16. The number of carbonyl (C=O) groups is 1. The monoisotopic (exact) mass is 441 g/mol. The molecular weight excluding hydrogens is 414 g/mol. The first kappa shape index (κ1) is 21.2. The van der Waals surface area contributed by atoms with E-state index in [4.69, 9.17) is 9.72 Å². The molecule has 3 aromatic rings. The van der Waals surface area contributed by atoms with Gasteiger partial charge in [0, 0.05) is 35.0 Å². The molecule has 1 aliphatic heterocycles. The van der Waals surface area contributed by atoms with Gasteiger partial charge in [0.15, 0.2) is 0 Å². The Labute approximate surface area is 185 Å². The van der Waals surface area contributed by atoms with Gasteiger partial charge in [-0.1, -0.05) is 35.9 Å². The lowest BCUT2D eigenvalue weighted by Crippen LogP contribution is -2.43. The highest BCUT2D eigenvalue weighted by atomic mass is 32.1. The second kappa shape index (κ2) is 9.83. The Morgan fingerprint density at radius 3 is 2.67 bits per heavy atom. The first-order chi connectivity index (χ1) is 14.6. The fourth-order valence-electron chi connectivity index (χ4n) is 3.72. The predicted octanol–water partition coefficient (Wildman–Crippen LogP) is 4.22. The third-order valence-corrected chi connectivity index (χ3v) is 7.25. The van der Waals surface area contributed by atoms with Crippen molar-refractivity contribution in [2.24, 2.45) is 0 Å². The molecular formula is C23H27N3O2S2. The Hall–Kier alpha value is -2.06. The first-order valence-corrected chi connectivity index (χ1v) is 11.9. The molecule has 2 aromatic heterocycles. The molecule has 1 N–H and O–H groups in total. The summed E-state index contributed by atoms with van der Waals surface area (Å²) in [5, 5.41) is 6.26. The van der Waals surface area contributed by atoms with Crippen molar-refractivity contribution in [1.29, 1.82) is 0 Å². The highest BCUT2D eigenvalue weighted by Gasteiger charge is 2.24. The molecule has 1 aliphatic rings. The van der Waals surface area contributed by atoms with Crippen LogP contribution in [0.1, 0.15) is 26.4 Å². The number of amides is 1. The predicted molar refractivity (Wildman–Crippen MR) is 123 cm³/mol. The number of ether oxygens (including phenoxy) is 1. The number of rotatable bonds is 7. The van der Waals surface area contributed by atoms with E-state index in [-0.39, 0.29) is 11.9 Å². The topological polar surface area (TPSA) is 54.5 Å². The number of aryl methyl sites for hydroxylation is 2. The average molecular weight is 442 g/mol. The van der Waals surface area contributed by atoms with E-state index in [9.17, 15) is 4.79 Å². The van der Waals surface area contributed by atoms with E-state index in [2.05, 4.69) is 58.9 Å². The van der Waals surface area contributed by atoms with Gasteiger partial charge in [0.25, 0.3) is 0 Å². The van der Waals surface area contributed by atoms with Crippen LogP contribution in [-0.2, 0) is 16.0 Å². The van der Waals surface area contributed by atoms with Crippen LogP contribution in [0.15, 0.2) is 41.8 Å². The third-order valence-electron chi connectivity index (χ3n) is 5.30. The Bertz CT molecular complexity index is 961. The first-order valence-electron chi connectivity index (χ1n) is 10.3. The van der Waals surface area contributed by atoms with Gasteiger partial charge >= 0.3 is 0 Å². The van der Waals surface area contributed by atoms with E-state index >= 15 is 0 Å². The summed E-state index contributed by atoms with van der Waals surface area (Å²) >= 11 is 3.35. The van der Waals surface area contributed by atoms with Gasteiger partial charge in [-0.3, -0.25) is 9.69 Å². The van der Waals surface area contributed by atoms with Crippen molar-refractivity contribution in [3.8, 4) is 11.3 Å². The van der Waals surface area contributed by atoms with Crippen LogP contribution in [0, 0.1) is 13.8 Å². The van der Waals surface area contributed by atoms with Crippen LogP contribution in [0.3, 0.4) is 0 Å². The molecule has 1 aromatic carbocycles. The number of carbonyl (C=O) groups excluding carboxylic acids is 1. The minimum atomic E-state index is 0.0434. The number of hydrogen-bond acceptors (Lipinski definition) is 6. The summed E-state index contributed by atoms with van der Waals surface area (Å²) in [6, 6.07) is 12.7. The Morgan fingerprint density at radius 2 is 1.97 bits per heavy atom. The van der Waals surface area contributed by atoms with Crippen molar-refractivity contribution < 1.29 is 9.53 Å². The molecule has 5 nitrogen and oxygen atoms in total. The normalized spacial score (nSPS) is 15.8. The van der Waals surface area contributed by atoms with Crippen molar-refractivity contribution in [2.45, 2.75) is 26.3 Å². The summed E-state index contributed by atoms with van der Waals surface area (Å²) in [5.74, 6) is 0.0434. The number of nitrogens with one attached hydrogen (secondary N) is 1. The molecule has 1 saturated heterocycles. The van der Waals surface area contributed by atoms with E-state index in [1.807, 2.05) is 6.92 Å². The number of thiazole rings is 1. The van der Waals surface area contributed by atoms with Crippen LogP contribution in [0.25, 0.3) is 11.3 Å². The van der Waals surface area contributed by atoms with Crippen LogP contribution in [0.5, 0.6) is 0 Å². The Kier molecular flexibility index (Phi) is 6.94. The van der Waals surface area contributed by atoms with Gasteiger partial charge < -0.3 is 10.1 Å². The molecule has 0 spiro atoms. The maximum Gasteiger partial charge on any atom is 0.225 e. The van der Waals surface area contributed by atoms with Gasteiger partial charge in [0.2, 0.25) is 5.91 Å². The lowest BCUT2D eigenvalue weighted by atomic mass is 10.1. The maximum atomic E-state index is 12.8. The fraction of sp³-hybridized carbons (Fsp3) is 0.391. The molecule has 7 heteroatoms. The highest BCUT2D eigenvalue weighted by molar-refractivity contribution is 7.12. The quantitative estimate of drug-likeness (QED) is 0.596. The largest absolute Gasteiger partial charge is 0.379 e. The van der Waals surface area contributed by atoms with Crippen LogP contribution >= 0.6 is 22.7 Å². The van der Waals surface area contributed by atoms with E-state index in [0.29, 0.717) is 13.0 Å². The van der Waals surface area contributed by atoms with Gasteiger partial charge in [0.05, 0.1) is 36.4 Å². The summed E-state index contributed by atoms with van der Waals surface area (Å²) in [6.45, 7) is 7.95. The van der Waals surface area contributed by atoms with Crippen LogP contribution in [-0.4, -0.2) is 48.6 Å². The Balaban J connectivity index is 1.43. The second-order valence-electron chi connectivity index (χ2n) is 7.53. The zero-order chi connectivity index (χ0) is 20.9. The van der Waals surface area contributed by atoms with Crippen molar-refractivity contribution in [3.63, 3.8) is 0 Å². The molecule has 1 fully saturated rings. The molecule has 1 amide bonds. The number of benzene rings is 1. The van der Waals surface area contributed by atoms with E-state index in [1.54, 1.807) is 22.7 Å². The number of aromatic nitrogens is 1. The SMILES string of the molecule is Cc1ccc(-c2nc(C)sc2CC(=O)NC[C@H](c2cccs2)N2CCOCC2)cc1. The minimum absolute atomic E-state index is 0.0434. The molecule has 0 saturated carbocycles. The van der Waals surface area contributed by atoms with Gasteiger partial charge in [-0.25, -0.2) is 4.98 Å². The van der Waals surface area contributed by atoms with Crippen molar-refractivity contribution in [1.82, 2.24) is 15.2 Å². The maximum absolute atomic E-state index is 12.8. The number of morpholine rings is 1. The van der Waals surface area contributed by atoms with E-state index in [0.717, 1.165) is 47.4 Å². The molecule has 30 heavy (non-hydrogen) atoms. The molecule has 0 unspecified atom stereocenters. The minimum Gasteiger partial charge on any atom is -0.379 e. The molecule has 0 bridgehead atoms. The van der Waals surface area contributed by atoms with Gasteiger partial charge in [0.1, 0.15) is 0 Å². The summed E-state index contributed by atoms with van der Waals surface area (Å²) < 4.78 is 5.51. The molecule has 3 heterocycles.